The van der Waals surface area contributed by atoms with Gasteiger partial charge in [0.15, 0.2) is 0 Å². The van der Waals surface area contributed by atoms with Crippen LogP contribution in [0.2, 0.25) is 0 Å². The molecule has 4 rings (SSSR count). The molecule has 2 aliphatic heterocycles. The third-order valence-electron chi connectivity index (χ3n) is 5.83. The Bertz CT molecular complexity index is 719. The average Bonchev–Trinajstić information content (AvgIpc) is 3.51. The first-order chi connectivity index (χ1) is 14.9. The summed E-state index contributed by atoms with van der Waals surface area (Å²) >= 11 is -1.11. The van der Waals surface area contributed by atoms with Crippen LogP contribution in [0.1, 0.15) is 47.9 Å². The van der Waals surface area contributed by atoms with Gasteiger partial charge in [-0.05, 0) is 25.7 Å². The van der Waals surface area contributed by atoms with Crippen molar-refractivity contribution < 1.29 is 42.4 Å². The molecule has 0 aromatic heterocycles. The second kappa shape index (κ2) is 17.2. The van der Waals surface area contributed by atoms with Crippen LogP contribution in [-0.4, -0.2) is 40.5 Å². The minimum Gasteiger partial charge on any atom is -1.00 e. The Morgan fingerprint density at radius 2 is 0.939 bits per heavy atom. The van der Waals surface area contributed by atoms with E-state index in [1.165, 1.54) is 59.3 Å². The molecule has 33 heavy (non-hydrogen) atoms. The molecule has 0 aliphatic carbocycles. The molecule has 0 saturated carbocycles. The van der Waals surface area contributed by atoms with E-state index in [0.717, 1.165) is 26.4 Å². The van der Waals surface area contributed by atoms with E-state index in [1.807, 2.05) is 0 Å². The van der Waals surface area contributed by atoms with Crippen LogP contribution in [0.3, 0.4) is 0 Å². The molecule has 0 amide bonds. The predicted molar refractivity (Wildman–Crippen MR) is 129 cm³/mol. The molecular weight excluding hydrogens is 589 g/mol. The number of anilines is 2. The molecule has 2 aromatic rings. The van der Waals surface area contributed by atoms with Gasteiger partial charge in [-0.25, -0.2) is 0 Å². The molecule has 184 valence electrons. The van der Waals surface area contributed by atoms with Gasteiger partial charge in [0.2, 0.25) is 0 Å². The van der Waals surface area contributed by atoms with E-state index >= 15 is 0 Å². The third kappa shape index (κ3) is 10.7. The summed E-state index contributed by atoms with van der Waals surface area (Å²) in [7, 11) is 4.49. The van der Waals surface area contributed by atoms with Crippen LogP contribution in [0.15, 0.2) is 36.4 Å². The van der Waals surface area contributed by atoms with Crippen LogP contribution in [-0.2, 0) is 33.0 Å². The van der Waals surface area contributed by atoms with E-state index in [-0.39, 0.29) is 9.41 Å². The van der Waals surface area contributed by atoms with Crippen LogP contribution >= 0.6 is 0 Å². The Kier molecular flexibility index (Phi) is 16.5. The van der Waals surface area contributed by atoms with Gasteiger partial charge in [0.25, 0.3) is 0 Å². The maximum Gasteiger partial charge on any atom is -1.00 e. The van der Waals surface area contributed by atoms with Gasteiger partial charge in [0.05, 0.1) is 0 Å². The number of ether oxygens (including phenoxy) is 2. The Morgan fingerprint density at radius 3 is 1.21 bits per heavy atom. The van der Waals surface area contributed by atoms with Crippen molar-refractivity contribution in [2.75, 3.05) is 46.3 Å². The van der Waals surface area contributed by atoms with Crippen molar-refractivity contribution >= 4 is 11.4 Å². The maximum absolute atomic E-state index is 4.94. The van der Waals surface area contributed by atoms with Crippen LogP contribution < -0.4 is 15.2 Å². The summed E-state index contributed by atoms with van der Waals surface area (Å²) < 4.78 is 14.9. The van der Waals surface area contributed by atoms with Crippen LogP contribution in [0.4, 0.5) is 11.4 Å². The maximum atomic E-state index is 4.94. The average molecular weight is 629 g/mol. The third-order valence-corrected chi connectivity index (χ3v) is 9.72. The molecule has 0 unspecified atom stereocenters. The van der Waals surface area contributed by atoms with E-state index in [4.69, 9.17) is 9.47 Å². The molecule has 0 bridgehead atoms. The zero-order chi connectivity index (χ0) is 22.6. The van der Waals surface area contributed by atoms with Crippen LogP contribution in [0.5, 0.6) is 0 Å². The number of nitrogens with zero attached hydrogens (tertiary/aromatic N) is 2. The molecule has 2 aromatic carbocycles. The summed E-state index contributed by atoms with van der Waals surface area (Å²) in [6, 6.07) is 13.2. The first kappa shape index (κ1) is 31.7. The molecule has 2 heterocycles. The van der Waals surface area contributed by atoms with Crippen molar-refractivity contribution in [1.29, 1.82) is 0 Å². The van der Waals surface area contributed by atoms with E-state index in [0.29, 0.717) is 0 Å². The minimum atomic E-state index is -1.11. The Balaban J connectivity index is 0.000000701. The molecular formula is C26H40F2HfN2O2. The zero-order valence-corrected chi connectivity index (χ0v) is 24.7. The van der Waals surface area contributed by atoms with Gasteiger partial charge >= 0.3 is 141 Å². The van der Waals surface area contributed by atoms with E-state index in [9.17, 15) is 0 Å². The van der Waals surface area contributed by atoms with Gasteiger partial charge in [-0.1, -0.05) is 0 Å². The summed E-state index contributed by atoms with van der Waals surface area (Å²) in [4.78, 5) is 0. The van der Waals surface area contributed by atoms with Gasteiger partial charge in [0, 0.05) is 26.4 Å². The first-order valence-electron chi connectivity index (χ1n) is 11.4. The Labute approximate surface area is 211 Å². The normalized spacial score (nSPS) is 13.8. The van der Waals surface area contributed by atoms with Crippen LogP contribution in [0, 0.1) is 27.7 Å². The number of aryl methyl sites for hydroxylation is 2. The molecule has 0 spiro atoms. The number of halogens is 2. The van der Waals surface area contributed by atoms with Crippen molar-refractivity contribution in [2.24, 2.45) is 0 Å². The smallest absolute Gasteiger partial charge is 1.00 e. The standard InChI is InChI=1S/2C9H12N.2C4H8O.2FH.Hf/c2*1-7-5-4-6-9(10-3)8(7)2;2*1-2-4-5-3-1;;;/h2*4-6H,1-3H3;2*1-4H2;2*1H;/q2*-1;;;;;+4/p-2. The summed E-state index contributed by atoms with van der Waals surface area (Å²) in [5.41, 5.74) is 8.32. The SMILES string of the molecule is C1CCOC1.C1CCOC1.Cc1cccc([N](C)[Hf+2][N](C)c2cccc(C)c2C)c1C.[F-].[F-]. The quantitative estimate of drug-likeness (QED) is 0.446. The second-order valence-corrected chi connectivity index (χ2v) is 13.8. The molecule has 0 N–H and O–H groups in total. The molecule has 2 fully saturated rings. The second-order valence-electron chi connectivity index (χ2n) is 8.30. The van der Waals surface area contributed by atoms with Crippen molar-refractivity contribution in [3.8, 4) is 0 Å². The topological polar surface area (TPSA) is 24.9 Å². The fraction of sp³-hybridized carbons (Fsp3) is 0.538. The van der Waals surface area contributed by atoms with E-state index in [1.54, 1.807) is 0 Å². The van der Waals surface area contributed by atoms with E-state index < -0.39 is 23.5 Å². The first-order valence-corrected chi connectivity index (χ1v) is 14.6. The number of benzene rings is 2. The van der Waals surface area contributed by atoms with Gasteiger partial charge in [0.1, 0.15) is 0 Å². The largest absolute Gasteiger partial charge is 1.00 e. The summed E-state index contributed by atoms with van der Waals surface area (Å²) in [5, 5.41) is 0. The number of hydrogen-bond donors (Lipinski definition) is 0. The molecule has 7 heteroatoms. The monoisotopic (exact) mass is 630 g/mol. The summed E-state index contributed by atoms with van der Waals surface area (Å²) in [6.45, 7) is 12.8. The summed E-state index contributed by atoms with van der Waals surface area (Å²) in [5.74, 6) is 0. The van der Waals surface area contributed by atoms with Crippen molar-refractivity contribution in [1.82, 2.24) is 0 Å². The Morgan fingerprint density at radius 1 is 0.606 bits per heavy atom. The molecule has 2 saturated heterocycles. The van der Waals surface area contributed by atoms with Gasteiger partial charge in [-0.3, -0.25) is 0 Å². The van der Waals surface area contributed by atoms with Crippen molar-refractivity contribution in [3.05, 3.63) is 58.7 Å². The number of hydrogen-bond acceptors (Lipinski definition) is 4. The van der Waals surface area contributed by atoms with E-state index in [2.05, 4.69) is 84.0 Å². The fourth-order valence-corrected chi connectivity index (χ4v) is 7.68. The fourth-order valence-electron chi connectivity index (χ4n) is 3.55. The van der Waals surface area contributed by atoms with Crippen molar-refractivity contribution in [2.45, 2.75) is 53.4 Å². The zero-order valence-electron chi connectivity index (χ0n) is 21.1. The molecule has 0 radical (unpaired) electrons. The predicted octanol–water partition coefficient (Wildman–Crippen LogP) is 0.00698. The van der Waals surface area contributed by atoms with Gasteiger partial charge < -0.3 is 18.9 Å². The molecule has 2 aliphatic rings. The molecule has 0 atom stereocenters. The summed E-state index contributed by atoms with van der Waals surface area (Å²) in [6.07, 6.45) is 5.11. The number of rotatable bonds is 4. The van der Waals surface area contributed by atoms with Gasteiger partial charge in [-0.15, -0.1) is 0 Å². The minimum absolute atomic E-state index is 0. The van der Waals surface area contributed by atoms with Crippen molar-refractivity contribution in [3.63, 3.8) is 0 Å². The Hall–Kier alpha value is -1.31. The van der Waals surface area contributed by atoms with Gasteiger partial charge in [-0.2, -0.15) is 0 Å². The molecule has 4 nitrogen and oxygen atoms in total. The van der Waals surface area contributed by atoms with Crippen LogP contribution in [0.25, 0.3) is 0 Å².